The second-order valence-corrected chi connectivity index (χ2v) is 15.6. The molecule has 0 radical (unpaired) electrons. The quantitative estimate of drug-likeness (QED) is 0.0263. The van der Waals surface area contributed by atoms with Gasteiger partial charge in [-0.15, -0.1) is 0 Å². The molecule has 0 saturated carbocycles. The smallest absolute Gasteiger partial charge is 0.306 e. The van der Waals surface area contributed by atoms with Crippen LogP contribution in [0.3, 0.4) is 0 Å². The summed E-state index contributed by atoms with van der Waals surface area (Å²) in [4.78, 5) is 37.9. The third-order valence-electron chi connectivity index (χ3n) is 9.52. The van der Waals surface area contributed by atoms with Crippen molar-refractivity contribution in [1.82, 2.24) is 0 Å². The second-order valence-electron chi connectivity index (χ2n) is 15.6. The maximum Gasteiger partial charge on any atom is 0.306 e. The summed E-state index contributed by atoms with van der Waals surface area (Å²) in [5.41, 5.74) is 0. The minimum Gasteiger partial charge on any atom is -0.462 e. The van der Waals surface area contributed by atoms with Crippen molar-refractivity contribution in [2.24, 2.45) is 0 Å². The Morgan fingerprint density at radius 3 is 0.923 bits per heavy atom. The fraction of sp³-hybridized carbons (Fsp3) is 0.508. The summed E-state index contributed by atoms with van der Waals surface area (Å²) in [5.74, 6) is -1.12. The number of ether oxygens (including phenoxy) is 3. The number of rotatable bonds is 42. The van der Waals surface area contributed by atoms with Crippen LogP contribution in [0.15, 0.2) is 158 Å². The molecule has 0 aromatic rings. The molecule has 6 nitrogen and oxygen atoms in total. The molecule has 0 aliphatic carbocycles. The standard InChI is InChI=1S/C59H88O6/c1-4-7-10-13-16-19-22-25-27-29-30-31-33-34-37-40-43-46-49-52-58(61)64-55-56(54-63-57(60)51-48-45-42-39-36-24-21-18-15-12-9-6-3)65-59(62)53-50-47-44-41-38-35-32-28-26-23-20-17-14-11-8-5-2/h7-12,16-21,25-28,30-31,34-39,44,47,56H,4-6,13-15,22-24,29,32-33,40-43,45-46,48-55H2,1-3H3/b10-7-,11-8-,12-9-,19-16-,20-17-,21-18-,27-25-,28-26-,31-30-,37-34-,38-35-,39-36-,47-44-. The minimum absolute atomic E-state index is 0.145. The van der Waals surface area contributed by atoms with Gasteiger partial charge in [-0.2, -0.15) is 0 Å². The molecule has 0 aliphatic rings. The van der Waals surface area contributed by atoms with Gasteiger partial charge in [0.15, 0.2) is 6.10 Å². The highest BCUT2D eigenvalue weighted by molar-refractivity contribution is 5.71. The van der Waals surface area contributed by atoms with Gasteiger partial charge in [-0.05, 0) is 128 Å². The number of carbonyl (C=O) groups is 3. The zero-order valence-electron chi connectivity index (χ0n) is 40.9. The van der Waals surface area contributed by atoms with Gasteiger partial charge in [0.1, 0.15) is 13.2 Å². The number of hydrogen-bond acceptors (Lipinski definition) is 6. The molecular formula is C59H88O6. The molecule has 0 N–H and O–H groups in total. The Balaban J connectivity index is 4.63. The number of allylic oxidation sites excluding steroid dienone is 26. The Kier molecular flexibility index (Phi) is 47.7. The summed E-state index contributed by atoms with van der Waals surface area (Å²) in [7, 11) is 0. The molecule has 1 unspecified atom stereocenters. The first-order valence-electron chi connectivity index (χ1n) is 25.0. The van der Waals surface area contributed by atoms with Gasteiger partial charge in [-0.1, -0.05) is 185 Å². The summed E-state index contributed by atoms with van der Waals surface area (Å²) < 4.78 is 16.6. The van der Waals surface area contributed by atoms with Crippen LogP contribution in [0, 0.1) is 0 Å². The maximum atomic E-state index is 12.8. The first kappa shape index (κ1) is 60.0. The van der Waals surface area contributed by atoms with Crippen LogP contribution in [0.4, 0.5) is 0 Å². The number of hydrogen-bond donors (Lipinski definition) is 0. The zero-order valence-corrected chi connectivity index (χ0v) is 40.9. The van der Waals surface area contributed by atoms with E-state index in [1.165, 1.54) is 0 Å². The molecule has 0 heterocycles. The first-order valence-corrected chi connectivity index (χ1v) is 25.0. The summed E-state index contributed by atoms with van der Waals surface area (Å²) in [5, 5.41) is 0. The topological polar surface area (TPSA) is 78.9 Å². The van der Waals surface area contributed by atoms with Gasteiger partial charge >= 0.3 is 17.9 Å². The van der Waals surface area contributed by atoms with Gasteiger partial charge in [-0.3, -0.25) is 14.4 Å². The SMILES string of the molecule is CC/C=C\C/C=C\C/C=C\C/C=C\C/C=C\CCCCCC(=O)OCC(COC(=O)CCCC/C=C\C/C=C\C/C=C\CC)OC(=O)CC/C=C\C/C=C\C/C=C\C/C=C\C/C=C\CC. The molecular weight excluding hydrogens is 805 g/mol. The molecule has 65 heavy (non-hydrogen) atoms. The van der Waals surface area contributed by atoms with Crippen molar-refractivity contribution in [2.75, 3.05) is 13.2 Å². The van der Waals surface area contributed by atoms with Crippen molar-refractivity contribution in [2.45, 2.75) is 181 Å². The van der Waals surface area contributed by atoms with Crippen LogP contribution < -0.4 is 0 Å². The van der Waals surface area contributed by atoms with Crippen LogP contribution >= 0.6 is 0 Å². The third-order valence-corrected chi connectivity index (χ3v) is 9.52. The lowest BCUT2D eigenvalue weighted by Crippen LogP contribution is -2.30. The highest BCUT2D eigenvalue weighted by atomic mass is 16.6. The average molecular weight is 893 g/mol. The Morgan fingerprint density at radius 1 is 0.308 bits per heavy atom. The lowest BCUT2D eigenvalue weighted by atomic mass is 10.1. The Morgan fingerprint density at radius 2 is 0.585 bits per heavy atom. The van der Waals surface area contributed by atoms with Crippen LogP contribution in [-0.2, 0) is 28.6 Å². The molecule has 0 spiro atoms. The zero-order chi connectivity index (χ0) is 47.2. The van der Waals surface area contributed by atoms with Gasteiger partial charge < -0.3 is 14.2 Å². The molecule has 0 rings (SSSR count). The summed E-state index contributed by atoms with van der Waals surface area (Å²) in [6, 6.07) is 0. The number of carbonyl (C=O) groups excluding carboxylic acids is 3. The monoisotopic (exact) mass is 893 g/mol. The number of esters is 3. The Labute approximate surface area is 397 Å². The summed E-state index contributed by atoms with van der Waals surface area (Å²) in [6.45, 7) is 6.13. The fourth-order valence-corrected chi connectivity index (χ4v) is 5.88. The second kappa shape index (κ2) is 51.7. The summed E-state index contributed by atoms with van der Waals surface area (Å²) >= 11 is 0. The van der Waals surface area contributed by atoms with E-state index in [0.717, 1.165) is 122 Å². The lowest BCUT2D eigenvalue weighted by Gasteiger charge is -2.18. The van der Waals surface area contributed by atoms with Gasteiger partial charge in [0, 0.05) is 19.3 Å². The van der Waals surface area contributed by atoms with Gasteiger partial charge in [-0.25, -0.2) is 0 Å². The molecule has 0 amide bonds. The molecule has 0 aliphatic heterocycles. The van der Waals surface area contributed by atoms with Crippen LogP contribution in [0.1, 0.15) is 175 Å². The van der Waals surface area contributed by atoms with Gasteiger partial charge in [0.05, 0.1) is 0 Å². The van der Waals surface area contributed by atoms with E-state index in [1.807, 2.05) is 12.2 Å². The molecule has 0 aromatic heterocycles. The molecule has 0 fully saturated rings. The van der Waals surface area contributed by atoms with Crippen LogP contribution in [0.2, 0.25) is 0 Å². The van der Waals surface area contributed by atoms with E-state index in [-0.39, 0.29) is 44.4 Å². The highest BCUT2D eigenvalue weighted by Crippen LogP contribution is 2.09. The first-order chi connectivity index (χ1) is 32.0. The Hall–Kier alpha value is -4.97. The predicted octanol–water partition coefficient (Wildman–Crippen LogP) is 16.6. The van der Waals surface area contributed by atoms with E-state index in [1.54, 1.807) is 0 Å². The van der Waals surface area contributed by atoms with Crippen molar-refractivity contribution in [3.8, 4) is 0 Å². The van der Waals surface area contributed by atoms with E-state index in [0.29, 0.717) is 12.8 Å². The minimum atomic E-state index is -0.854. The molecule has 0 bridgehead atoms. The van der Waals surface area contributed by atoms with Crippen LogP contribution in [-0.4, -0.2) is 37.2 Å². The molecule has 6 heteroatoms. The summed E-state index contributed by atoms with van der Waals surface area (Å²) in [6.07, 6.45) is 75.3. The van der Waals surface area contributed by atoms with Crippen molar-refractivity contribution in [1.29, 1.82) is 0 Å². The normalized spacial score (nSPS) is 13.5. The van der Waals surface area contributed by atoms with Crippen molar-refractivity contribution in [3.05, 3.63) is 158 Å². The third kappa shape index (κ3) is 49.9. The largest absolute Gasteiger partial charge is 0.462 e. The van der Waals surface area contributed by atoms with Gasteiger partial charge in [0.2, 0.25) is 0 Å². The van der Waals surface area contributed by atoms with Gasteiger partial charge in [0.25, 0.3) is 0 Å². The van der Waals surface area contributed by atoms with E-state index < -0.39 is 12.1 Å². The van der Waals surface area contributed by atoms with E-state index in [9.17, 15) is 14.4 Å². The molecule has 0 saturated heterocycles. The Bertz CT molecular complexity index is 1540. The van der Waals surface area contributed by atoms with Crippen molar-refractivity contribution >= 4 is 17.9 Å². The van der Waals surface area contributed by atoms with E-state index in [4.69, 9.17) is 14.2 Å². The average Bonchev–Trinajstić information content (AvgIpc) is 3.30. The van der Waals surface area contributed by atoms with Crippen molar-refractivity contribution in [3.63, 3.8) is 0 Å². The van der Waals surface area contributed by atoms with Crippen molar-refractivity contribution < 1.29 is 28.6 Å². The van der Waals surface area contributed by atoms with Crippen LogP contribution in [0.25, 0.3) is 0 Å². The number of unbranched alkanes of at least 4 members (excludes halogenated alkanes) is 5. The van der Waals surface area contributed by atoms with E-state index in [2.05, 4.69) is 167 Å². The highest BCUT2D eigenvalue weighted by Gasteiger charge is 2.19. The molecule has 360 valence electrons. The molecule has 0 aromatic carbocycles. The lowest BCUT2D eigenvalue weighted by molar-refractivity contribution is -0.166. The molecule has 1 atom stereocenters. The maximum absolute atomic E-state index is 12.8. The predicted molar refractivity (Wildman–Crippen MR) is 278 cm³/mol. The fourth-order valence-electron chi connectivity index (χ4n) is 5.88. The van der Waals surface area contributed by atoms with Crippen LogP contribution in [0.5, 0.6) is 0 Å². The van der Waals surface area contributed by atoms with E-state index >= 15 is 0 Å².